The lowest BCUT2D eigenvalue weighted by atomic mass is 9.88. The van der Waals surface area contributed by atoms with Gasteiger partial charge in [-0.25, -0.2) is 0 Å². The van der Waals surface area contributed by atoms with E-state index in [1.54, 1.807) is 0 Å². The summed E-state index contributed by atoms with van der Waals surface area (Å²) in [6.07, 6.45) is 5.03. The first kappa shape index (κ1) is 13.2. The molecule has 1 unspecified atom stereocenters. The number of fused-ring (bicyclic) bond motifs is 3. The summed E-state index contributed by atoms with van der Waals surface area (Å²) in [5.41, 5.74) is 2.93. The molecule has 2 heterocycles. The van der Waals surface area contributed by atoms with Gasteiger partial charge in [0.15, 0.2) is 0 Å². The molecule has 0 aliphatic heterocycles. The third kappa shape index (κ3) is 2.20. The van der Waals surface area contributed by atoms with Crippen molar-refractivity contribution >= 4 is 21.8 Å². The van der Waals surface area contributed by atoms with E-state index in [1.165, 1.54) is 21.8 Å². The first-order chi connectivity index (χ1) is 9.47. The molecule has 0 radical (unpaired) electrons. The molecule has 1 atom stereocenters. The molecule has 3 rings (SSSR count). The lowest BCUT2D eigenvalue weighted by molar-refractivity contribution is 0.313. The first-order valence-corrected chi connectivity index (χ1v) is 7.30. The molecule has 0 aliphatic rings. The summed E-state index contributed by atoms with van der Waals surface area (Å²) in [5, 5.41) is 2.56. The number of pyridine rings is 1. The average molecular weight is 266 g/mol. The minimum absolute atomic E-state index is 0.324. The zero-order valence-electron chi connectivity index (χ0n) is 12.7. The van der Waals surface area contributed by atoms with Gasteiger partial charge in [0.05, 0.1) is 5.52 Å². The molecule has 0 saturated heterocycles. The van der Waals surface area contributed by atoms with Crippen molar-refractivity contribution in [2.45, 2.75) is 40.2 Å². The predicted octanol–water partition coefficient (Wildman–Crippen LogP) is 5.19. The van der Waals surface area contributed by atoms with Crippen LogP contribution in [0.25, 0.3) is 21.8 Å². The monoisotopic (exact) mass is 266 g/mol. The van der Waals surface area contributed by atoms with Gasteiger partial charge in [0, 0.05) is 34.7 Å². The smallest absolute Gasteiger partial charge is 0.0524 e. The van der Waals surface area contributed by atoms with Crippen LogP contribution in [0.2, 0.25) is 0 Å². The van der Waals surface area contributed by atoms with Crippen molar-refractivity contribution < 1.29 is 0 Å². The van der Waals surface area contributed by atoms with Crippen LogP contribution >= 0.6 is 0 Å². The minimum Gasteiger partial charge on any atom is -0.338 e. The molecule has 1 aromatic carbocycles. The van der Waals surface area contributed by atoms with Crippen molar-refractivity contribution in [3.05, 3.63) is 42.7 Å². The molecule has 2 heteroatoms. The summed E-state index contributed by atoms with van der Waals surface area (Å²) < 4.78 is 2.47. The summed E-state index contributed by atoms with van der Waals surface area (Å²) in [7, 11) is 0. The number of rotatable bonds is 2. The van der Waals surface area contributed by atoms with Crippen molar-refractivity contribution in [1.82, 2.24) is 9.55 Å². The van der Waals surface area contributed by atoms with E-state index in [4.69, 9.17) is 0 Å². The third-order valence-electron chi connectivity index (χ3n) is 3.86. The fourth-order valence-electron chi connectivity index (χ4n) is 3.30. The van der Waals surface area contributed by atoms with Crippen LogP contribution < -0.4 is 0 Å². The largest absolute Gasteiger partial charge is 0.338 e. The molecular formula is C18H22N2. The number of aromatic nitrogens is 2. The van der Waals surface area contributed by atoms with Crippen LogP contribution in [0.5, 0.6) is 0 Å². The van der Waals surface area contributed by atoms with Crippen molar-refractivity contribution in [2.75, 3.05) is 0 Å². The number of para-hydroxylation sites is 1. The van der Waals surface area contributed by atoms with Gasteiger partial charge in [-0.2, -0.15) is 0 Å². The molecule has 0 N–H and O–H groups in total. The molecule has 0 aliphatic carbocycles. The highest BCUT2D eigenvalue weighted by molar-refractivity contribution is 6.07. The fourth-order valence-corrected chi connectivity index (χ4v) is 3.30. The van der Waals surface area contributed by atoms with Gasteiger partial charge in [-0.05, 0) is 30.9 Å². The van der Waals surface area contributed by atoms with Crippen molar-refractivity contribution in [3.8, 4) is 0 Å². The number of hydrogen-bond donors (Lipinski definition) is 0. The minimum atomic E-state index is 0.324. The maximum absolute atomic E-state index is 4.30. The van der Waals surface area contributed by atoms with Gasteiger partial charge in [0.25, 0.3) is 0 Å². The van der Waals surface area contributed by atoms with Gasteiger partial charge in [-0.15, -0.1) is 0 Å². The molecule has 2 nitrogen and oxygen atoms in total. The van der Waals surface area contributed by atoms with Gasteiger partial charge in [-0.1, -0.05) is 39.0 Å². The Morgan fingerprint density at radius 1 is 1.05 bits per heavy atom. The summed E-state index contributed by atoms with van der Waals surface area (Å²) in [4.78, 5) is 4.30. The van der Waals surface area contributed by atoms with Crippen LogP contribution in [-0.2, 0) is 0 Å². The quantitative estimate of drug-likeness (QED) is 0.624. The molecule has 0 bridgehead atoms. The van der Waals surface area contributed by atoms with E-state index >= 15 is 0 Å². The van der Waals surface area contributed by atoms with E-state index in [0.717, 1.165) is 6.42 Å². The van der Waals surface area contributed by atoms with E-state index < -0.39 is 0 Å². The van der Waals surface area contributed by atoms with E-state index in [-0.39, 0.29) is 0 Å². The number of benzene rings is 1. The molecule has 0 spiro atoms. The van der Waals surface area contributed by atoms with Crippen LogP contribution in [-0.4, -0.2) is 9.55 Å². The van der Waals surface area contributed by atoms with E-state index in [9.17, 15) is 0 Å². The second-order valence-electron chi connectivity index (χ2n) is 6.89. The van der Waals surface area contributed by atoms with Crippen molar-refractivity contribution in [3.63, 3.8) is 0 Å². The summed E-state index contributed by atoms with van der Waals surface area (Å²) >= 11 is 0. The van der Waals surface area contributed by atoms with Gasteiger partial charge in [-0.3, -0.25) is 4.98 Å². The molecule has 0 saturated carbocycles. The Balaban J connectivity index is 2.26. The summed E-state index contributed by atoms with van der Waals surface area (Å²) in [6.45, 7) is 9.23. The van der Waals surface area contributed by atoms with Crippen LogP contribution in [0.15, 0.2) is 42.7 Å². The maximum atomic E-state index is 4.30. The molecule has 104 valence electrons. The highest BCUT2D eigenvalue weighted by Gasteiger charge is 2.20. The molecule has 0 fully saturated rings. The molecule has 3 aromatic rings. The first-order valence-electron chi connectivity index (χ1n) is 7.30. The summed E-state index contributed by atoms with van der Waals surface area (Å²) in [6, 6.07) is 11.2. The van der Waals surface area contributed by atoms with Crippen molar-refractivity contribution in [1.29, 1.82) is 0 Å². The number of hydrogen-bond acceptors (Lipinski definition) is 1. The van der Waals surface area contributed by atoms with Gasteiger partial charge in [0.1, 0.15) is 0 Å². The average Bonchev–Trinajstić information content (AvgIpc) is 2.71. The van der Waals surface area contributed by atoms with E-state index in [0.29, 0.717) is 11.5 Å². The second-order valence-corrected chi connectivity index (χ2v) is 6.89. The SMILES string of the molecule is CC(CC(C)(C)C)n1c2ccccc2c2cnccc21. The summed E-state index contributed by atoms with van der Waals surface area (Å²) in [5.74, 6) is 0. The lowest BCUT2D eigenvalue weighted by Gasteiger charge is -2.25. The number of nitrogens with zero attached hydrogens (tertiary/aromatic N) is 2. The fraction of sp³-hybridized carbons (Fsp3) is 0.389. The second kappa shape index (κ2) is 4.62. The predicted molar refractivity (Wildman–Crippen MR) is 86.0 cm³/mol. The molecular weight excluding hydrogens is 244 g/mol. The molecule has 0 amide bonds. The normalized spacial score (nSPS) is 14.0. The third-order valence-corrected chi connectivity index (χ3v) is 3.86. The topological polar surface area (TPSA) is 17.8 Å². The highest BCUT2D eigenvalue weighted by Crippen LogP contribution is 2.35. The Morgan fingerprint density at radius 3 is 2.50 bits per heavy atom. The zero-order valence-corrected chi connectivity index (χ0v) is 12.7. The van der Waals surface area contributed by atoms with Gasteiger partial charge in [0.2, 0.25) is 0 Å². The highest BCUT2D eigenvalue weighted by atomic mass is 15.0. The van der Waals surface area contributed by atoms with Crippen LogP contribution in [0.4, 0.5) is 0 Å². The van der Waals surface area contributed by atoms with E-state index in [2.05, 4.69) is 67.6 Å². The Labute approximate surface area is 120 Å². The Hall–Kier alpha value is -1.83. The Morgan fingerprint density at radius 2 is 1.75 bits per heavy atom. The van der Waals surface area contributed by atoms with Crippen LogP contribution in [0.1, 0.15) is 40.2 Å². The maximum Gasteiger partial charge on any atom is 0.0524 e. The Bertz CT molecular complexity index is 694. The van der Waals surface area contributed by atoms with Crippen molar-refractivity contribution in [2.24, 2.45) is 5.41 Å². The van der Waals surface area contributed by atoms with Crippen LogP contribution in [0, 0.1) is 5.41 Å². The standard InChI is InChI=1S/C18H22N2/c1-13(11-18(2,3)4)20-16-8-6-5-7-14(16)15-12-19-10-9-17(15)20/h5-10,12-13H,11H2,1-4H3. The molecule has 2 aromatic heterocycles. The zero-order chi connectivity index (χ0) is 14.3. The van der Waals surface area contributed by atoms with E-state index in [1.807, 2.05) is 12.4 Å². The lowest BCUT2D eigenvalue weighted by Crippen LogP contribution is -2.14. The van der Waals surface area contributed by atoms with Crippen LogP contribution in [0.3, 0.4) is 0 Å². The van der Waals surface area contributed by atoms with Gasteiger partial charge >= 0.3 is 0 Å². The Kier molecular flexibility index (Phi) is 3.04. The molecule has 20 heavy (non-hydrogen) atoms. The van der Waals surface area contributed by atoms with Gasteiger partial charge < -0.3 is 4.57 Å².